The lowest BCUT2D eigenvalue weighted by Gasteiger charge is -2.32. The molecule has 7 heteroatoms. The normalized spacial score (nSPS) is 16.9. The zero-order chi connectivity index (χ0) is 20.3. The molecule has 0 unspecified atom stereocenters. The number of ether oxygens (including phenoxy) is 1. The maximum Gasteiger partial charge on any atom is 0.410 e. The molecule has 1 fully saturated rings. The van der Waals surface area contributed by atoms with Crippen molar-refractivity contribution in [1.82, 2.24) is 20.4 Å². The van der Waals surface area contributed by atoms with E-state index in [-0.39, 0.29) is 6.09 Å². The fourth-order valence-corrected chi connectivity index (χ4v) is 3.12. The Labute approximate surface area is 165 Å². The first kappa shape index (κ1) is 23.5. The van der Waals surface area contributed by atoms with E-state index in [9.17, 15) is 4.79 Å². The molecule has 0 bridgehead atoms. The second-order valence-corrected chi connectivity index (χ2v) is 8.08. The molecule has 1 amide bonds. The van der Waals surface area contributed by atoms with Gasteiger partial charge in [0.15, 0.2) is 5.96 Å². The van der Waals surface area contributed by atoms with E-state index in [1.807, 2.05) is 27.7 Å². The summed E-state index contributed by atoms with van der Waals surface area (Å²) < 4.78 is 5.45. The summed E-state index contributed by atoms with van der Waals surface area (Å²) in [6.07, 6.45) is 3.22. The molecule has 1 rings (SSSR count). The van der Waals surface area contributed by atoms with Gasteiger partial charge in [0.05, 0.1) is 6.54 Å². The van der Waals surface area contributed by atoms with Crippen LogP contribution in [0.5, 0.6) is 0 Å². The van der Waals surface area contributed by atoms with Crippen LogP contribution in [0.2, 0.25) is 0 Å². The lowest BCUT2D eigenvalue weighted by Crippen LogP contribution is -2.49. The van der Waals surface area contributed by atoms with Crippen molar-refractivity contribution in [3.05, 3.63) is 0 Å². The third-order valence-electron chi connectivity index (χ3n) is 4.49. The molecule has 7 nitrogen and oxygen atoms in total. The number of likely N-dealkylation sites (N-methyl/N-ethyl adjacent to an activating group) is 1. The second kappa shape index (κ2) is 12.1. The van der Waals surface area contributed by atoms with Crippen LogP contribution in [0.25, 0.3) is 0 Å². The number of piperidine rings is 1. The summed E-state index contributed by atoms with van der Waals surface area (Å²) in [7, 11) is 0. The van der Waals surface area contributed by atoms with Crippen LogP contribution < -0.4 is 10.6 Å². The van der Waals surface area contributed by atoms with E-state index in [2.05, 4.69) is 34.4 Å². The Morgan fingerprint density at radius 1 is 1.22 bits per heavy atom. The van der Waals surface area contributed by atoms with E-state index >= 15 is 0 Å². The molecule has 0 radical (unpaired) electrons. The monoisotopic (exact) mass is 383 g/mol. The molecule has 1 aliphatic rings. The number of aliphatic imine (C=N–C) groups is 1. The minimum Gasteiger partial charge on any atom is -0.444 e. The maximum absolute atomic E-state index is 12.2. The van der Waals surface area contributed by atoms with E-state index in [1.165, 1.54) is 13.0 Å². The van der Waals surface area contributed by atoms with Gasteiger partial charge in [0.1, 0.15) is 5.60 Å². The molecule has 0 aliphatic carbocycles. The number of guanidine groups is 1. The molecule has 158 valence electrons. The number of hydrogen-bond acceptors (Lipinski definition) is 4. The standard InChI is InChI=1S/C20H41N5O2/c1-7-13-24-14-10-17(11-15-24)23-18(21-8-2)22-12-16-25(9-3)19(26)27-20(4,5)6/h17H,7-16H2,1-6H3,(H2,21,22,23). The average molecular weight is 384 g/mol. The van der Waals surface area contributed by atoms with Gasteiger partial charge in [-0.15, -0.1) is 0 Å². The molecular formula is C20H41N5O2. The summed E-state index contributed by atoms with van der Waals surface area (Å²) in [4.78, 5) is 21.1. The molecule has 2 N–H and O–H groups in total. The second-order valence-electron chi connectivity index (χ2n) is 8.08. The number of rotatable bonds is 8. The fourth-order valence-electron chi connectivity index (χ4n) is 3.12. The maximum atomic E-state index is 12.2. The Kier molecular flexibility index (Phi) is 10.5. The first-order chi connectivity index (χ1) is 12.8. The number of hydrogen-bond donors (Lipinski definition) is 2. The lowest BCUT2D eigenvalue weighted by molar-refractivity contribution is 0.0266. The number of nitrogens with zero attached hydrogens (tertiary/aromatic N) is 3. The highest BCUT2D eigenvalue weighted by atomic mass is 16.6. The summed E-state index contributed by atoms with van der Waals surface area (Å²) >= 11 is 0. The van der Waals surface area contributed by atoms with Crippen molar-refractivity contribution in [2.45, 2.75) is 72.4 Å². The van der Waals surface area contributed by atoms with Crippen LogP contribution in [-0.4, -0.2) is 79.3 Å². The molecule has 0 aromatic carbocycles. The minimum absolute atomic E-state index is 0.276. The summed E-state index contributed by atoms with van der Waals surface area (Å²) in [5.74, 6) is 0.840. The molecule has 1 saturated heterocycles. The quantitative estimate of drug-likeness (QED) is 0.498. The van der Waals surface area contributed by atoms with Gasteiger partial charge in [0, 0.05) is 38.8 Å². The van der Waals surface area contributed by atoms with Gasteiger partial charge in [-0.3, -0.25) is 4.99 Å². The van der Waals surface area contributed by atoms with Gasteiger partial charge < -0.3 is 25.2 Å². The van der Waals surface area contributed by atoms with Crippen LogP contribution in [0.4, 0.5) is 4.79 Å². The molecule has 0 aromatic heterocycles. The van der Waals surface area contributed by atoms with Gasteiger partial charge in [-0.1, -0.05) is 6.92 Å². The van der Waals surface area contributed by atoms with Crippen LogP contribution in [0, 0.1) is 0 Å². The largest absolute Gasteiger partial charge is 0.444 e. The van der Waals surface area contributed by atoms with Crippen molar-refractivity contribution in [3.63, 3.8) is 0 Å². The van der Waals surface area contributed by atoms with Crippen LogP contribution in [0.15, 0.2) is 4.99 Å². The first-order valence-electron chi connectivity index (χ1n) is 10.5. The van der Waals surface area contributed by atoms with Crippen molar-refractivity contribution < 1.29 is 9.53 Å². The molecule has 0 aromatic rings. The Morgan fingerprint density at radius 3 is 2.41 bits per heavy atom. The van der Waals surface area contributed by atoms with E-state index in [1.54, 1.807) is 4.90 Å². The topological polar surface area (TPSA) is 69.2 Å². The lowest BCUT2D eigenvalue weighted by atomic mass is 10.1. The molecular weight excluding hydrogens is 342 g/mol. The Morgan fingerprint density at radius 2 is 1.89 bits per heavy atom. The summed E-state index contributed by atoms with van der Waals surface area (Å²) in [5.41, 5.74) is -0.475. The summed E-state index contributed by atoms with van der Waals surface area (Å²) in [6.45, 7) is 17.9. The van der Waals surface area contributed by atoms with E-state index in [0.29, 0.717) is 25.7 Å². The van der Waals surface area contributed by atoms with Gasteiger partial charge in [0.2, 0.25) is 0 Å². The number of amides is 1. The SMILES string of the molecule is CCCN1CCC(NC(=NCCN(CC)C(=O)OC(C)(C)C)NCC)CC1. The summed E-state index contributed by atoms with van der Waals surface area (Å²) in [5, 5.41) is 6.87. The van der Waals surface area contributed by atoms with E-state index in [0.717, 1.165) is 38.4 Å². The van der Waals surface area contributed by atoms with Crippen LogP contribution >= 0.6 is 0 Å². The van der Waals surface area contributed by atoms with Gasteiger partial charge in [-0.05, 0) is 60.4 Å². The molecule has 0 saturated carbocycles. The molecule has 27 heavy (non-hydrogen) atoms. The number of nitrogens with one attached hydrogen (secondary N) is 2. The molecule has 1 heterocycles. The van der Waals surface area contributed by atoms with Gasteiger partial charge in [-0.2, -0.15) is 0 Å². The van der Waals surface area contributed by atoms with E-state index in [4.69, 9.17) is 4.74 Å². The third-order valence-corrected chi connectivity index (χ3v) is 4.49. The Balaban J connectivity index is 2.49. The highest BCUT2D eigenvalue weighted by Gasteiger charge is 2.21. The minimum atomic E-state index is -0.475. The first-order valence-corrected chi connectivity index (χ1v) is 10.5. The third kappa shape index (κ3) is 9.84. The van der Waals surface area contributed by atoms with Gasteiger partial charge in [-0.25, -0.2) is 4.79 Å². The van der Waals surface area contributed by atoms with Crippen molar-refractivity contribution in [2.24, 2.45) is 4.99 Å². The van der Waals surface area contributed by atoms with Gasteiger partial charge >= 0.3 is 6.09 Å². The predicted octanol–water partition coefficient (Wildman–Crippen LogP) is 2.67. The van der Waals surface area contributed by atoms with Crippen LogP contribution in [0.1, 0.15) is 60.8 Å². The number of carbonyl (C=O) groups excluding carboxylic acids is 1. The fraction of sp³-hybridized carbons (Fsp3) is 0.900. The summed E-state index contributed by atoms with van der Waals surface area (Å²) in [6, 6.07) is 0.462. The van der Waals surface area contributed by atoms with Crippen LogP contribution in [0.3, 0.4) is 0 Å². The Hall–Kier alpha value is -1.50. The van der Waals surface area contributed by atoms with Crippen molar-refractivity contribution >= 4 is 12.1 Å². The smallest absolute Gasteiger partial charge is 0.410 e. The molecule has 0 spiro atoms. The number of carbonyl (C=O) groups is 1. The average Bonchev–Trinajstić information content (AvgIpc) is 2.59. The highest BCUT2D eigenvalue weighted by Crippen LogP contribution is 2.11. The Bertz CT molecular complexity index is 454. The highest BCUT2D eigenvalue weighted by molar-refractivity contribution is 5.80. The molecule has 0 atom stereocenters. The van der Waals surface area contributed by atoms with Crippen molar-refractivity contribution in [3.8, 4) is 0 Å². The molecule has 1 aliphatic heterocycles. The number of likely N-dealkylation sites (tertiary alicyclic amines) is 1. The van der Waals surface area contributed by atoms with E-state index < -0.39 is 5.60 Å². The zero-order valence-corrected chi connectivity index (χ0v) is 18.3. The van der Waals surface area contributed by atoms with Crippen molar-refractivity contribution in [2.75, 3.05) is 45.8 Å². The van der Waals surface area contributed by atoms with Crippen LogP contribution in [-0.2, 0) is 4.74 Å². The van der Waals surface area contributed by atoms with Crippen molar-refractivity contribution in [1.29, 1.82) is 0 Å². The van der Waals surface area contributed by atoms with Gasteiger partial charge in [0.25, 0.3) is 0 Å². The zero-order valence-electron chi connectivity index (χ0n) is 18.3. The predicted molar refractivity (Wildman–Crippen MR) is 112 cm³/mol.